The summed E-state index contributed by atoms with van der Waals surface area (Å²) in [6.45, 7) is 3.34. The van der Waals surface area contributed by atoms with Crippen LogP contribution in [0.3, 0.4) is 0 Å². The van der Waals surface area contributed by atoms with Crippen molar-refractivity contribution in [2.75, 3.05) is 25.0 Å². The molecule has 1 atom stereocenters. The summed E-state index contributed by atoms with van der Waals surface area (Å²) in [6.07, 6.45) is 2.39. The number of nitrogens with zero attached hydrogens (tertiary/aromatic N) is 2. The molecule has 3 aliphatic rings. The number of aromatic amines is 2. The first-order valence-corrected chi connectivity index (χ1v) is 12.0. The van der Waals surface area contributed by atoms with Crippen molar-refractivity contribution in [2.45, 2.75) is 18.9 Å². The smallest absolute Gasteiger partial charge is 0.261 e. The molecule has 3 saturated heterocycles. The topological polar surface area (TPSA) is 76.8 Å². The second-order valence-electron chi connectivity index (χ2n) is 8.51. The molecule has 3 N–H and O–H groups in total. The van der Waals surface area contributed by atoms with E-state index in [1.165, 1.54) is 25.9 Å². The fourth-order valence-corrected chi connectivity index (χ4v) is 5.68. The maximum atomic E-state index is 13.3. The fraction of sp³-hybridized carbons (Fsp3) is 0.304. The number of fused-ring (bicyclic) bond motifs is 5. The zero-order valence-corrected chi connectivity index (χ0v) is 19.6. The van der Waals surface area contributed by atoms with Gasteiger partial charge in [0.2, 0.25) is 0 Å². The molecule has 0 saturated carbocycles. The molecule has 7 rings (SSSR count). The predicted octanol–water partition coefficient (Wildman–Crippen LogP) is 4.84. The molecule has 0 unspecified atom stereocenters. The lowest BCUT2D eigenvalue weighted by Gasteiger charge is -2.45. The summed E-state index contributed by atoms with van der Waals surface area (Å²) in [6, 6.07) is 12.0. The third-order valence-electron chi connectivity index (χ3n) is 6.67. The van der Waals surface area contributed by atoms with Gasteiger partial charge in [0, 0.05) is 21.5 Å². The molecule has 3 aliphatic heterocycles. The molecular weight excluding hydrogens is 525 g/mol. The Hall–Kier alpha value is -2.10. The van der Waals surface area contributed by atoms with E-state index in [0.29, 0.717) is 28.4 Å². The Labute approximate surface area is 197 Å². The zero-order valence-electron chi connectivity index (χ0n) is 16.7. The lowest BCUT2D eigenvalue weighted by Crippen LogP contribution is -2.53. The van der Waals surface area contributed by atoms with Gasteiger partial charge in [0.25, 0.3) is 5.56 Å². The van der Waals surface area contributed by atoms with Gasteiger partial charge in [0.15, 0.2) is 0 Å². The van der Waals surface area contributed by atoms with E-state index < -0.39 is 0 Å². The van der Waals surface area contributed by atoms with Crippen molar-refractivity contribution < 1.29 is 0 Å². The van der Waals surface area contributed by atoms with Crippen molar-refractivity contribution in [2.24, 2.45) is 5.92 Å². The van der Waals surface area contributed by atoms with Crippen LogP contribution in [0.25, 0.3) is 33.3 Å². The predicted molar refractivity (Wildman–Crippen MR) is 134 cm³/mol. The van der Waals surface area contributed by atoms with E-state index in [9.17, 15) is 4.79 Å². The van der Waals surface area contributed by atoms with Gasteiger partial charge in [-0.25, -0.2) is 4.98 Å². The van der Waals surface area contributed by atoms with E-state index in [2.05, 4.69) is 42.8 Å². The summed E-state index contributed by atoms with van der Waals surface area (Å²) < 4.78 is 0.950. The number of para-hydroxylation sites is 2. The Bertz CT molecular complexity index is 1340. The van der Waals surface area contributed by atoms with Crippen molar-refractivity contribution in [1.82, 2.24) is 19.9 Å². The second-order valence-corrected chi connectivity index (χ2v) is 10.1. The number of hydrogen-bond acceptors (Lipinski definition) is 4. The number of pyridine rings is 1. The maximum Gasteiger partial charge on any atom is 0.261 e. The Morgan fingerprint density at radius 3 is 2.68 bits per heavy atom. The van der Waals surface area contributed by atoms with E-state index in [-0.39, 0.29) is 5.56 Å². The SMILES string of the molecule is O=c1[nH]c2cc(Cl)c(I)cc2c(N[C@H]2CN3CCC2CC3)c1-c1nc2ccccc2[nH]1. The standard InChI is InChI=1S/C23H21ClIN5O/c24-14-10-18-13(9-15(14)25)21(26-19-11-30-7-5-12(19)6-8-30)20(23(31)29-18)22-27-16-3-1-2-4-17(16)28-22/h1-4,9-10,12,19H,5-8,11H2,(H,27,28)(H2,26,29,31)/t19-/m0/s1. The summed E-state index contributed by atoms with van der Waals surface area (Å²) in [5.74, 6) is 1.20. The van der Waals surface area contributed by atoms with Crippen LogP contribution in [0.15, 0.2) is 41.2 Å². The molecule has 31 heavy (non-hydrogen) atoms. The number of anilines is 1. The van der Waals surface area contributed by atoms with Gasteiger partial charge in [-0.3, -0.25) is 4.79 Å². The van der Waals surface area contributed by atoms with Gasteiger partial charge in [0.1, 0.15) is 11.4 Å². The lowest BCUT2D eigenvalue weighted by molar-refractivity contribution is 0.0976. The molecule has 6 nitrogen and oxygen atoms in total. The molecule has 0 radical (unpaired) electrons. The Balaban J connectivity index is 1.58. The number of hydrogen-bond donors (Lipinski definition) is 3. The lowest BCUT2D eigenvalue weighted by atomic mass is 9.83. The van der Waals surface area contributed by atoms with E-state index >= 15 is 0 Å². The van der Waals surface area contributed by atoms with Crippen LogP contribution >= 0.6 is 34.2 Å². The molecule has 2 aromatic carbocycles. The Morgan fingerprint density at radius 1 is 1.13 bits per heavy atom. The van der Waals surface area contributed by atoms with Crippen LogP contribution in [0.5, 0.6) is 0 Å². The van der Waals surface area contributed by atoms with Crippen LogP contribution in [0.4, 0.5) is 5.69 Å². The van der Waals surface area contributed by atoms with Crippen LogP contribution in [-0.2, 0) is 0 Å². The highest BCUT2D eigenvalue weighted by Crippen LogP contribution is 2.37. The van der Waals surface area contributed by atoms with E-state index in [1.807, 2.05) is 36.4 Å². The number of halogens is 2. The van der Waals surface area contributed by atoms with Crippen molar-refractivity contribution in [3.8, 4) is 11.4 Å². The Kier molecular flexibility index (Phi) is 4.73. The molecular formula is C23H21ClIN5O. The summed E-state index contributed by atoms with van der Waals surface area (Å²) >= 11 is 8.61. The van der Waals surface area contributed by atoms with Crippen molar-refractivity contribution >= 4 is 61.8 Å². The highest BCUT2D eigenvalue weighted by atomic mass is 127. The van der Waals surface area contributed by atoms with E-state index in [0.717, 1.165) is 37.7 Å². The summed E-state index contributed by atoms with van der Waals surface area (Å²) in [4.78, 5) is 26.9. The second kappa shape index (κ2) is 7.50. The van der Waals surface area contributed by atoms with E-state index in [1.54, 1.807) is 0 Å². The molecule has 158 valence electrons. The average molecular weight is 546 g/mol. The van der Waals surface area contributed by atoms with Crippen LogP contribution in [0.1, 0.15) is 12.8 Å². The molecule has 5 heterocycles. The van der Waals surface area contributed by atoms with Gasteiger partial charge in [-0.2, -0.15) is 0 Å². The highest BCUT2D eigenvalue weighted by Gasteiger charge is 2.35. The summed E-state index contributed by atoms with van der Waals surface area (Å²) in [5.41, 5.74) is 3.71. The minimum absolute atomic E-state index is 0.174. The molecule has 0 spiro atoms. The maximum absolute atomic E-state index is 13.3. The molecule has 8 heteroatoms. The van der Waals surface area contributed by atoms with Gasteiger partial charge in [0.05, 0.1) is 27.3 Å². The molecule has 0 aliphatic carbocycles. The molecule has 2 bridgehead atoms. The molecule has 0 amide bonds. The minimum Gasteiger partial charge on any atom is -0.379 e. The van der Waals surface area contributed by atoms with Crippen molar-refractivity contribution in [3.05, 3.63) is 55.3 Å². The number of imidazole rings is 1. The number of nitrogens with one attached hydrogen (secondary N) is 3. The molecule has 4 aromatic rings. The van der Waals surface area contributed by atoms with Gasteiger partial charge in [-0.15, -0.1) is 0 Å². The monoisotopic (exact) mass is 545 g/mol. The van der Waals surface area contributed by atoms with Gasteiger partial charge >= 0.3 is 0 Å². The quantitative estimate of drug-likeness (QED) is 0.322. The number of benzene rings is 2. The third-order valence-corrected chi connectivity index (χ3v) is 8.19. The van der Waals surface area contributed by atoms with Crippen molar-refractivity contribution in [3.63, 3.8) is 0 Å². The number of H-pyrrole nitrogens is 2. The van der Waals surface area contributed by atoms with E-state index in [4.69, 9.17) is 16.6 Å². The van der Waals surface area contributed by atoms with Crippen molar-refractivity contribution in [1.29, 1.82) is 0 Å². The summed E-state index contributed by atoms with van der Waals surface area (Å²) in [7, 11) is 0. The van der Waals surface area contributed by atoms with Crippen LogP contribution in [0, 0.1) is 9.49 Å². The summed E-state index contributed by atoms with van der Waals surface area (Å²) in [5, 5.41) is 5.38. The van der Waals surface area contributed by atoms with Crippen LogP contribution in [-0.4, -0.2) is 45.5 Å². The zero-order chi connectivity index (χ0) is 21.1. The largest absolute Gasteiger partial charge is 0.379 e. The first-order valence-electron chi connectivity index (χ1n) is 10.6. The van der Waals surface area contributed by atoms with Crippen LogP contribution < -0.4 is 10.9 Å². The highest BCUT2D eigenvalue weighted by molar-refractivity contribution is 14.1. The number of piperidine rings is 3. The third kappa shape index (κ3) is 3.34. The van der Waals surface area contributed by atoms with Crippen LogP contribution in [0.2, 0.25) is 5.02 Å². The first-order chi connectivity index (χ1) is 15.1. The van der Waals surface area contributed by atoms with Gasteiger partial charge in [-0.1, -0.05) is 23.7 Å². The first kappa shape index (κ1) is 19.6. The molecule has 3 fully saturated rings. The normalized spacial score (nSPS) is 23.0. The van der Waals surface area contributed by atoms with Gasteiger partial charge < -0.3 is 20.2 Å². The minimum atomic E-state index is -0.174. The van der Waals surface area contributed by atoms with Gasteiger partial charge in [-0.05, 0) is 78.7 Å². The average Bonchev–Trinajstić information content (AvgIpc) is 3.20. The number of aromatic nitrogens is 3. The fourth-order valence-electron chi connectivity index (χ4n) is 5.05. The number of rotatable bonds is 3. The molecule has 2 aromatic heterocycles. The Morgan fingerprint density at radius 2 is 1.94 bits per heavy atom.